The number of benzene rings is 2. The lowest BCUT2D eigenvalue weighted by atomic mass is 9.82. The van der Waals surface area contributed by atoms with Crippen LogP contribution in [-0.2, 0) is 0 Å². The average molecular weight is 379 g/mol. The second-order valence-corrected chi connectivity index (χ2v) is 6.84. The van der Waals surface area contributed by atoms with Gasteiger partial charge in [0.2, 0.25) is 0 Å². The fraction of sp³-hybridized carbons (Fsp3) is 0.222. The molecule has 25 heavy (non-hydrogen) atoms. The quantitative estimate of drug-likeness (QED) is 0.680. The number of aromatic hydroxyl groups is 1. The molecule has 1 aliphatic rings. The maximum atomic E-state index is 13.0. The maximum Gasteiger partial charge on any atom is 0.199 e. The van der Waals surface area contributed by atoms with Crippen LogP contribution in [0.5, 0.6) is 5.75 Å². The first kappa shape index (κ1) is 17.7. The van der Waals surface area contributed by atoms with E-state index in [1.165, 1.54) is 18.2 Å². The van der Waals surface area contributed by atoms with E-state index in [2.05, 4.69) is 5.32 Å². The number of phenols is 1. The summed E-state index contributed by atoms with van der Waals surface area (Å²) in [6.07, 6.45) is 0. The predicted octanol–water partition coefficient (Wildman–Crippen LogP) is 3.45. The van der Waals surface area contributed by atoms with Crippen molar-refractivity contribution < 1.29 is 14.7 Å². The summed E-state index contributed by atoms with van der Waals surface area (Å²) >= 11 is 12.1. The molecular formula is C18H16Cl2N2O3. The molecule has 0 fully saturated rings. The second kappa shape index (κ2) is 6.67. The number of hydrogen-bond acceptors (Lipinski definition) is 5. The Balaban J connectivity index is 2.14. The molecule has 0 heterocycles. The molecule has 7 heteroatoms. The molecule has 0 amide bonds. The van der Waals surface area contributed by atoms with Crippen LogP contribution >= 0.6 is 23.2 Å². The Kier molecular flexibility index (Phi) is 4.73. The SMILES string of the molecule is CN(C)CCNc1ccc(O)c2c1C(=O)c1ccc(Cl)c(Cl)c1C2=O. The average Bonchev–Trinajstić information content (AvgIpc) is 2.56. The van der Waals surface area contributed by atoms with E-state index in [4.69, 9.17) is 23.2 Å². The smallest absolute Gasteiger partial charge is 0.199 e. The number of ketones is 2. The third-order valence-electron chi connectivity index (χ3n) is 4.08. The molecule has 0 aliphatic heterocycles. The van der Waals surface area contributed by atoms with Crippen molar-refractivity contribution in [3.63, 3.8) is 0 Å². The summed E-state index contributed by atoms with van der Waals surface area (Å²) in [4.78, 5) is 27.9. The van der Waals surface area contributed by atoms with Crippen LogP contribution in [0.2, 0.25) is 10.0 Å². The van der Waals surface area contributed by atoms with Crippen molar-refractivity contribution in [3.8, 4) is 5.75 Å². The number of hydrogen-bond donors (Lipinski definition) is 2. The van der Waals surface area contributed by atoms with Gasteiger partial charge in [0.1, 0.15) is 5.75 Å². The summed E-state index contributed by atoms with van der Waals surface area (Å²) in [5.41, 5.74) is 0.844. The van der Waals surface area contributed by atoms with Gasteiger partial charge >= 0.3 is 0 Å². The van der Waals surface area contributed by atoms with Gasteiger partial charge in [-0.1, -0.05) is 23.2 Å². The number of carbonyl (C=O) groups is 2. The van der Waals surface area contributed by atoms with Crippen molar-refractivity contribution in [1.82, 2.24) is 4.90 Å². The van der Waals surface area contributed by atoms with Gasteiger partial charge in [-0.25, -0.2) is 0 Å². The fourth-order valence-electron chi connectivity index (χ4n) is 2.84. The Labute approximate surface area is 155 Å². The molecular weight excluding hydrogens is 363 g/mol. The first-order chi connectivity index (χ1) is 11.8. The second-order valence-electron chi connectivity index (χ2n) is 6.05. The van der Waals surface area contributed by atoms with E-state index in [0.29, 0.717) is 12.2 Å². The molecule has 0 saturated carbocycles. The zero-order valence-electron chi connectivity index (χ0n) is 13.7. The van der Waals surface area contributed by atoms with E-state index in [0.717, 1.165) is 6.54 Å². The molecule has 1 aliphatic carbocycles. The highest BCUT2D eigenvalue weighted by molar-refractivity contribution is 6.46. The van der Waals surface area contributed by atoms with Crippen LogP contribution in [0.1, 0.15) is 31.8 Å². The van der Waals surface area contributed by atoms with Gasteiger partial charge < -0.3 is 15.3 Å². The summed E-state index contributed by atoms with van der Waals surface area (Å²) in [7, 11) is 3.87. The fourth-order valence-corrected chi connectivity index (χ4v) is 3.25. The molecule has 0 aromatic heterocycles. The molecule has 2 aromatic carbocycles. The molecule has 0 unspecified atom stereocenters. The predicted molar refractivity (Wildman–Crippen MR) is 98.5 cm³/mol. The highest BCUT2D eigenvalue weighted by Crippen LogP contribution is 2.41. The number of anilines is 1. The molecule has 3 rings (SSSR count). The highest BCUT2D eigenvalue weighted by Gasteiger charge is 2.36. The zero-order chi connectivity index (χ0) is 18.3. The number of carbonyl (C=O) groups excluding carboxylic acids is 2. The molecule has 0 saturated heterocycles. The van der Waals surface area contributed by atoms with Crippen LogP contribution in [0.25, 0.3) is 0 Å². The Morgan fingerprint density at radius 3 is 2.40 bits per heavy atom. The Morgan fingerprint density at radius 1 is 1.00 bits per heavy atom. The van der Waals surface area contributed by atoms with Crippen molar-refractivity contribution >= 4 is 40.5 Å². The lowest BCUT2D eigenvalue weighted by Crippen LogP contribution is -2.25. The first-order valence-electron chi connectivity index (χ1n) is 7.65. The molecule has 0 atom stereocenters. The van der Waals surface area contributed by atoms with Gasteiger partial charge in [0.05, 0.1) is 26.7 Å². The minimum Gasteiger partial charge on any atom is -0.507 e. The van der Waals surface area contributed by atoms with E-state index >= 15 is 0 Å². The van der Waals surface area contributed by atoms with E-state index < -0.39 is 5.78 Å². The lowest BCUT2D eigenvalue weighted by Gasteiger charge is -2.23. The van der Waals surface area contributed by atoms with Crippen molar-refractivity contribution in [3.05, 3.63) is 56.6 Å². The molecule has 2 N–H and O–H groups in total. The lowest BCUT2D eigenvalue weighted by molar-refractivity contribution is 0.0977. The largest absolute Gasteiger partial charge is 0.507 e. The number of fused-ring (bicyclic) bond motifs is 2. The van der Waals surface area contributed by atoms with Crippen molar-refractivity contribution in [2.45, 2.75) is 0 Å². The molecule has 0 radical (unpaired) electrons. The van der Waals surface area contributed by atoms with Crippen LogP contribution in [0.3, 0.4) is 0 Å². The minimum absolute atomic E-state index is 0.0218. The summed E-state index contributed by atoms with van der Waals surface area (Å²) in [5.74, 6) is -1.13. The molecule has 130 valence electrons. The van der Waals surface area contributed by atoms with E-state index in [1.807, 2.05) is 19.0 Å². The van der Waals surface area contributed by atoms with Crippen molar-refractivity contribution in [2.75, 3.05) is 32.5 Å². The van der Waals surface area contributed by atoms with Crippen LogP contribution in [0.15, 0.2) is 24.3 Å². The number of phenolic OH excluding ortho intramolecular Hbond substituents is 1. The maximum absolute atomic E-state index is 13.0. The zero-order valence-corrected chi connectivity index (χ0v) is 15.2. The first-order valence-corrected chi connectivity index (χ1v) is 8.40. The van der Waals surface area contributed by atoms with Gasteiger partial charge in [0.25, 0.3) is 0 Å². The van der Waals surface area contributed by atoms with Gasteiger partial charge in [0, 0.05) is 24.3 Å². The standard InChI is InChI=1S/C18H16Cl2N2O3/c1-22(2)8-7-21-11-5-6-12(23)15-14(11)17(24)9-3-4-10(19)16(20)13(9)18(15)25/h3-6,21,23H,7-8H2,1-2H3. The minimum atomic E-state index is -0.508. The van der Waals surface area contributed by atoms with Crippen LogP contribution in [-0.4, -0.2) is 48.8 Å². The third-order valence-corrected chi connectivity index (χ3v) is 4.88. The summed E-state index contributed by atoms with van der Waals surface area (Å²) in [6.45, 7) is 1.33. The Morgan fingerprint density at radius 2 is 1.72 bits per heavy atom. The molecule has 0 spiro atoms. The van der Waals surface area contributed by atoms with Crippen LogP contribution in [0, 0.1) is 0 Å². The number of likely N-dealkylation sites (N-methyl/N-ethyl adjacent to an activating group) is 1. The monoisotopic (exact) mass is 378 g/mol. The number of nitrogens with zero attached hydrogens (tertiary/aromatic N) is 1. The van der Waals surface area contributed by atoms with Crippen molar-refractivity contribution in [2.24, 2.45) is 0 Å². The highest BCUT2D eigenvalue weighted by atomic mass is 35.5. The van der Waals surface area contributed by atoms with E-state index in [9.17, 15) is 14.7 Å². The summed E-state index contributed by atoms with van der Waals surface area (Å²) in [6, 6.07) is 5.96. The van der Waals surface area contributed by atoms with E-state index in [1.54, 1.807) is 6.07 Å². The Bertz CT molecular complexity index is 894. The summed E-state index contributed by atoms with van der Waals surface area (Å²) in [5, 5.41) is 13.5. The van der Waals surface area contributed by atoms with Gasteiger partial charge in [-0.2, -0.15) is 0 Å². The molecule has 0 bridgehead atoms. The number of nitrogens with one attached hydrogen (secondary N) is 1. The van der Waals surface area contributed by atoms with Crippen LogP contribution < -0.4 is 5.32 Å². The summed E-state index contributed by atoms with van der Waals surface area (Å²) < 4.78 is 0. The third kappa shape index (κ3) is 2.99. The number of halogens is 2. The normalized spacial score (nSPS) is 13.0. The van der Waals surface area contributed by atoms with Gasteiger partial charge in [-0.05, 0) is 38.4 Å². The van der Waals surface area contributed by atoms with Crippen molar-refractivity contribution in [1.29, 1.82) is 0 Å². The molecule has 5 nitrogen and oxygen atoms in total. The Hall–Kier alpha value is -2.08. The topological polar surface area (TPSA) is 69.6 Å². The van der Waals surface area contributed by atoms with Crippen LogP contribution in [0.4, 0.5) is 5.69 Å². The number of rotatable bonds is 4. The molecule has 2 aromatic rings. The van der Waals surface area contributed by atoms with Gasteiger partial charge in [0.15, 0.2) is 11.6 Å². The van der Waals surface area contributed by atoms with Gasteiger partial charge in [-0.15, -0.1) is 0 Å². The van der Waals surface area contributed by atoms with E-state index in [-0.39, 0.29) is 43.8 Å². The van der Waals surface area contributed by atoms with Gasteiger partial charge in [-0.3, -0.25) is 9.59 Å².